The molecule has 0 spiro atoms. The second-order valence-electron chi connectivity index (χ2n) is 6.84. The molecule has 1 aliphatic carbocycles. The molecule has 1 saturated heterocycles. The molecule has 25 heavy (non-hydrogen) atoms. The van der Waals surface area contributed by atoms with E-state index in [2.05, 4.69) is 10.6 Å². The quantitative estimate of drug-likeness (QED) is 0.792. The zero-order valence-corrected chi connectivity index (χ0v) is 14.7. The van der Waals surface area contributed by atoms with Crippen LogP contribution in [0.3, 0.4) is 0 Å². The third kappa shape index (κ3) is 4.02. The first-order chi connectivity index (χ1) is 12.1. The lowest BCUT2D eigenvalue weighted by Gasteiger charge is -2.41. The maximum atomic E-state index is 12.8. The second-order valence-corrected chi connectivity index (χ2v) is 6.84. The first kappa shape index (κ1) is 17.9. The standard InChI is InChI=1S/C19H26N2O4/c1-24-13-17(22)21-15-7-5-14(6-8-15)19(9-3-10-19)18(23)20-12-16-4-2-11-25-16/h5-8,16H,2-4,9-13H2,1H3,(H,20,23)(H,21,22). The third-order valence-electron chi connectivity index (χ3n) is 5.15. The van der Waals surface area contributed by atoms with Gasteiger partial charge in [-0.1, -0.05) is 18.6 Å². The topological polar surface area (TPSA) is 76.7 Å². The van der Waals surface area contributed by atoms with E-state index < -0.39 is 5.41 Å². The predicted octanol–water partition coefficient (Wildman–Crippen LogP) is 1.99. The summed E-state index contributed by atoms with van der Waals surface area (Å²) in [4.78, 5) is 24.4. The average molecular weight is 346 g/mol. The van der Waals surface area contributed by atoms with Crippen LogP contribution in [-0.4, -0.2) is 44.8 Å². The predicted molar refractivity (Wildman–Crippen MR) is 94.5 cm³/mol. The highest BCUT2D eigenvalue weighted by atomic mass is 16.5. The molecule has 3 rings (SSSR count). The van der Waals surface area contributed by atoms with Crippen molar-refractivity contribution in [2.24, 2.45) is 0 Å². The molecule has 2 amide bonds. The van der Waals surface area contributed by atoms with Gasteiger partial charge in [0.05, 0.1) is 11.5 Å². The van der Waals surface area contributed by atoms with Gasteiger partial charge in [-0.15, -0.1) is 0 Å². The van der Waals surface area contributed by atoms with Crippen molar-refractivity contribution in [1.29, 1.82) is 0 Å². The number of nitrogens with one attached hydrogen (secondary N) is 2. The van der Waals surface area contributed by atoms with E-state index in [0.29, 0.717) is 12.2 Å². The maximum Gasteiger partial charge on any atom is 0.250 e. The molecule has 1 unspecified atom stereocenters. The molecule has 6 nitrogen and oxygen atoms in total. The molecule has 2 fully saturated rings. The highest BCUT2D eigenvalue weighted by Gasteiger charge is 2.45. The summed E-state index contributed by atoms with van der Waals surface area (Å²) in [6, 6.07) is 7.56. The molecule has 2 N–H and O–H groups in total. The molecule has 1 heterocycles. The van der Waals surface area contributed by atoms with E-state index in [1.54, 1.807) is 0 Å². The fourth-order valence-corrected chi connectivity index (χ4v) is 3.56. The number of amides is 2. The molecule has 0 bridgehead atoms. The van der Waals surface area contributed by atoms with E-state index in [9.17, 15) is 9.59 Å². The Balaban J connectivity index is 1.62. The van der Waals surface area contributed by atoms with Crippen LogP contribution in [0, 0.1) is 0 Å². The van der Waals surface area contributed by atoms with Crippen LogP contribution in [0.4, 0.5) is 5.69 Å². The van der Waals surface area contributed by atoms with Gasteiger partial charge in [-0.3, -0.25) is 9.59 Å². The third-order valence-corrected chi connectivity index (χ3v) is 5.15. The van der Waals surface area contributed by atoms with Gasteiger partial charge in [0.1, 0.15) is 6.61 Å². The van der Waals surface area contributed by atoms with Crippen molar-refractivity contribution < 1.29 is 19.1 Å². The summed E-state index contributed by atoms with van der Waals surface area (Å²) in [6.07, 6.45) is 5.02. The van der Waals surface area contributed by atoms with Crippen molar-refractivity contribution in [1.82, 2.24) is 5.32 Å². The molecule has 1 aromatic carbocycles. The Morgan fingerprint density at radius 1 is 1.24 bits per heavy atom. The van der Waals surface area contributed by atoms with Crippen LogP contribution in [0.1, 0.15) is 37.7 Å². The maximum absolute atomic E-state index is 12.8. The van der Waals surface area contributed by atoms with Crippen LogP contribution in [0.25, 0.3) is 0 Å². The zero-order chi connectivity index (χ0) is 17.7. The largest absolute Gasteiger partial charge is 0.376 e. The Labute approximate surface area is 148 Å². The molecular weight excluding hydrogens is 320 g/mol. The highest BCUT2D eigenvalue weighted by Crippen LogP contribution is 2.44. The van der Waals surface area contributed by atoms with Crippen molar-refractivity contribution in [3.63, 3.8) is 0 Å². The summed E-state index contributed by atoms with van der Waals surface area (Å²) in [7, 11) is 1.48. The lowest BCUT2D eigenvalue weighted by atomic mass is 9.63. The lowest BCUT2D eigenvalue weighted by Crippen LogP contribution is -2.50. The van der Waals surface area contributed by atoms with Gasteiger partial charge in [0.15, 0.2) is 0 Å². The number of hydrogen-bond acceptors (Lipinski definition) is 4. The molecule has 136 valence electrons. The molecule has 2 aliphatic rings. The van der Waals surface area contributed by atoms with Crippen molar-refractivity contribution >= 4 is 17.5 Å². The Kier molecular flexibility index (Phi) is 5.71. The number of anilines is 1. The van der Waals surface area contributed by atoms with Crippen molar-refractivity contribution in [3.05, 3.63) is 29.8 Å². The van der Waals surface area contributed by atoms with E-state index >= 15 is 0 Å². The molecule has 0 radical (unpaired) electrons. The summed E-state index contributed by atoms with van der Waals surface area (Å²) in [5.41, 5.74) is 1.28. The number of carbonyl (C=O) groups excluding carboxylic acids is 2. The minimum atomic E-state index is -0.437. The number of methoxy groups -OCH3 is 1. The molecule has 0 aromatic heterocycles. The zero-order valence-electron chi connectivity index (χ0n) is 14.7. The average Bonchev–Trinajstić information content (AvgIpc) is 3.07. The minimum Gasteiger partial charge on any atom is -0.376 e. The van der Waals surface area contributed by atoms with Crippen molar-refractivity contribution in [2.45, 2.75) is 43.6 Å². The Hall–Kier alpha value is -1.92. The molecular formula is C19H26N2O4. The second kappa shape index (κ2) is 7.97. The van der Waals surface area contributed by atoms with Gasteiger partial charge >= 0.3 is 0 Å². The summed E-state index contributed by atoms with van der Waals surface area (Å²) >= 11 is 0. The number of carbonyl (C=O) groups is 2. The molecule has 1 saturated carbocycles. The molecule has 1 atom stereocenters. The van der Waals surface area contributed by atoms with Crippen molar-refractivity contribution in [2.75, 3.05) is 32.2 Å². The summed E-state index contributed by atoms with van der Waals surface area (Å²) in [5, 5.41) is 5.85. The smallest absolute Gasteiger partial charge is 0.250 e. The molecule has 1 aromatic rings. The fourth-order valence-electron chi connectivity index (χ4n) is 3.56. The van der Waals surface area contributed by atoms with Gasteiger partial charge in [-0.05, 0) is 43.4 Å². The first-order valence-electron chi connectivity index (χ1n) is 8.93. The van der Waals surface area contributed by atoms with Crippen LogP contribution in [-0.2, 0) is 24.5 Å². The van der Waals surface area contributed by atoms with Crippen LogP contribution in [0.2, 0.25) is 0 Å². The van der Waals surface area contributed by atoms with E-state index in [1.807, 2.05) is 24.3 Å². The molecule has 1 aliphatic heterocycles. The van der Waals surface area contributed by atoms with Crippen molar-refractivity contribution in [3.8, 4) is 0 Å². The minimum absolute atomic E-state index is 0.0251. The fraction of sp³-hybridized carbons (Fsp3) is 0.579. The van der Waals surface area contributed by atoms with Gasteiger partial charge in [-0.2, -0.15) is 0 Å². The SMILES string of the molecule is COCC(=O)Nc1ccc(C2(C(=O)NCC3CCCO3)CCC2)cc1. The summed E-state index contributed by atoms with van der Waals surface area (Å²) < 4.78 is 10.4. The van der Waals surface area contributed by atoms with E-state index in [4.69, 9.17) is 9.47 Å². The van der Waals surface area contributed by atoms with Gasteiger partial charge in [0.2, 0.25) is 11.8 Å². The number of ether oxygens (including phenoxy) is 2. The Morgan fingerprint density at radius 3 is 2.56 bits per heavy atom. The van der Waals surface area contributed by atoms with Gasteiger partial charge < -0.3 is 20.1 Å². The normalized spacial score (nSPS) is 21.4. The van der Waals surface area contributed by atoms with Crippen LogP contribution in [0.5, 0.6) is 0 Å². The monoisotopic (exact) mass is 346 g/mol. The Morgan fingerprint density at radius 2 is 2.00 bits per heavy atom. The number of hydrogen-bond donors (Lipinski definition) is 2. The number of benzene rings is 1. The summed E-state index contributed by atoms with van der Waals surface area (Å²) in [5.74, 6) is -0.103. The Bertz CT molecular complexity index is 604. The van der Waals surface area contributed by atoms with Gasteiger partial charge in [0.25, 0.3) is 0 Å². The first-order valence-corrected chi connectivity index (χ1v) is 8.93. The lowest BCUT2D eigenvalue weighted by molar-refractivity contribution is -0.130. The highest BCUT2D eigenvalue weighted by molar-refractivity contribution is 5.92. The van der Waals surface area contributed by atoms with E-state index in [0.717, 1.165) is 44.3 Å². The van der Waals surface area contributed by atoms with E-state index in [1.165, 1.54) is 7.11 Å². The number of rotatable bonds is 7. The van der Waals surface area contributed by atoms with Crippen LogP contribution < -0.4 is 10.6 Å². The molecule has 6 heteroatoms. The summed E-state index contributed by atoms with van der Waals surface area (Å²) in [6.45, 7) is 1.41. The van der Waals surface area contributed by atoms with Gasteiger partial charge in [-0.25, -0.2) is 0 Å². The van der Waals surface area contributed by atoms with Crippen LogP contribution in [0.15, 0.2) is 24.3 Å². The van der Waals surface area contributed by atoms with Crippen LogP contribution >= 0.6 is 0 Å². The van der Waals surface area contributed by atoms with Gasteiger partial charge in [0, 0.05) is 25.9 Å². The van der Waals surface area contributed by atoms with E-state index in [-0.39, 0.29) is 24.5 Å².